The number of hydrogen-bond donors (Lipinski definition) is 1. The molecule has 1 N–H and O–H groups in total. The van der Waals surface area contributed by atoms with Crippen LogP contribution < -0.4 is 0 Å². The summed E-state index contributed by atoms with van der Waals surface area (Å²) in [5.74, 6) is -0.786. The number of aliphatic carboxylic acids is 1. The zero-order valence-corrected chi connectivity index (χ0v) is 13.2. The van der Waals surface area contributed by atoms with E-state index in [0.29, 0.717) is 39.0 Å². The maximum atomic E-state index is 12.7. The molecule has 3 atom stereocenters. The van der Waals surface area contributed by atoms with Crippen LogP contribution in [0.15, 0.2) is 0 Å². The summed E-state index contributed by atoms with van der Waals surface area (Å²) in [6.45, 7) is 7.92. The van der Waals surface area contributed by atoms with E-state index in [1.54, 1.807) is 9.80 Å². The van der Waals surface area contributed by atoms with Gasteiger partial charge in [-0.2, -0.15) is 0 Å². The molecular weight excluding hydrogens is 272 g/mol. The molecule has 2 heterocycles. The summed E-state index contributed by atoms with van der Waals surface area (Å²) in [4.78, 5) is 27.8. The lowest BCUT2D eigenvalue weighted by Gasteiger charge is -2.43. The Balaban J connectivity index is 2.07. The molecule has 2 aliphatic heterocycles. The number of ether oxygens (including phenoxy) is 1. The molecule has 21 heavy (non-hydrogen) atoms. The Morgan fingerprint density at radius 1 is 1.24 bits per heavy atom. The van der Waals surface area contributed by atoms with E-state index in [4.69, 9.17) is 4.74 Å². The quantitative estimate of drug-likeness (QED) is 0.844. The van der Waals surface area contributed by atoms with Gasteiger partial charge in [0.1, 0.15) is 0 Å². The van der Waals surface area contributed by atoms with E-state index in [-0.39, 0.29) is 18.2 Å². The van der Waals surface area contributed by atoms with E-state index < -0.39 is 11.4 Å². The molecule has 2 aliphatic rings. The number of piperidine rings is 1. The molecule has 2 rings (SSSR count). The summed E-state index contributed by atoms with van der Waals surface area (Å²) < 4.78 is 5.65. The highest BCUT2D eigenvalue weighted by Crippen LogP contribution is 2.34. The van der Waals surface area contributed by atoms with Crippen LogP contribution in [0.5, 0.6) is 0 Å². The third-order valence-corrected chi connectivity index (χ3v) is 4.67. The lowest BCUT2D eigenvalue weighted by atomic mass is 9.78. The molecule has 0 radical (unpaired) electrons. The molecule has 120 valence electrons. The van der Waals surface area contributed by atoms with Crippen molar-refractivity contribution < 1.29 is 19.4 Å². The first-order valence-electron chi connectivity index (χ1n) is 7.80. The van der Waals surface area contributed by atoms with Crippen LogP contribution in [0.25, 0.3) is 0 Å². The van der Waals surface area contributed by atoms with Crippen LogP contribution >= 0.6 is 0 Å². The number of likely N-dealkylation sites (tertiary alicyclic amines) is 1. The topological polar surface area (TPSA) is 70.1 Å². The van der Waals surface area contributed by atoms with Crippen molar-refractivity contribution in [2.45, 2.75) is 52.2 Å². The molecule has 0 aliphatic carbocycles. The summed E-state index contributed by atoms with van der Waals surface area (Å²) in [6.07, 6.45) is 2.01. The molecule has 0 aromatic rings. The summed E-state index contributed by atoms with van der Waals surface area (Å²) in [6, 6.07) is -0.0456. The van der Waals surface area contributed by atoms with E-state index in [1.807, 2.05) is 20.8 Å². The molecule has 2 amide bonds. The molecule has 2 saturated heterocycles. The number of carbonyl (C=O) groups excluding carboxylic acids is 1. The Labute approximate surface area is 126 Å². The van der Waals surface area contributed by atoms with Crippen molar-refractivity contribution in [3.63, 3.8) is 0 Å². The predicted octanol–water partition coefficient (Wildman–Crippen LogP) is 1.79. The molecule has 0 aromatic heterocycles. The second kappa shape index (κ2) is 6.22. The van der Waals surface area contributed by atoms with E-state index in [2.05, 4.69) is 0 Å². The number of hydrogen-bond acceptors (Lipinski definition) is 3. The Bertz CT molecular complexity index is 404. The number of amides is 2. The van der Waals surface area contributed by atoms with Gasteiger partial charge in [0, 0.05) is 26.2 Å². The maximum absolute atomic E-state index is 12.7. The van der Waals surface area contributed by atoms with Gasteiger partial charge >= 0.3 is 12.0 Å². The summed E-state index contributed by atoms with van der Waals surface area (Å²) in [7, 11) is 0. The lowest BCUT2D eigenvalue weighted by Crippen LogP contribution is -2.57. The first-order valence-corrected chi connectivity index (χ1v) is 7.80. The fraction of sp³-hybridized carbons (Fsp3) is 0.867. The van der Waals surface area contributed by atoms with E-state index in [1.165, 1.54) is 0 Å². The highest BCUT2D eigenvalue weighted by molar-refractivity contribution is 5.79. The SMILES string of the molecule is CCC1(C(=O)O)CCCN(C(=O)N2C[C@@H](C)O[C@@H](C)C2)C1. The van der Waals surface area contributed by atoms with Crippen LogP contribution in [-0.2, 0) is 9.53 Å². The number of urea groups is 1. The molecule has 0 saturated carbocycles. The number of carboxylic acids is 1. The highest BCUT2D eigenvalue weighted by atomic mass is 16.5. The van der Waals surface area contributed by atoms with Gasteiger partial charge in [-0.05, 0) is 33.1 Å². The standard InChI is InChI=1S/C15H26N2O4/c1-4-15(13(18)19)6-5-7-16(10-15)14(20)17-8-11(2)21-12(3)9-17/h11-12H,4-10H2,1-3H3,(H,18,19)/t11-,12+,15?. The lowest BCUT2D eigenvalue weighted by molar-refractivity contribution is -0.152. The van der Waals surface area contributed by atoms with Crippen LogP contribution in [0.4, 0.5) is 4.79 Å². The van der Waals surface area contributed by atoms with Gasteiger partial charge in [0.15, 0.2) is 0 Å². The highest BCUT2D eigenvalue weighted by Gasteiger charge is 2.43. The Kier molecular flexibility index (Phi) is 4.76. The number of nitrogens with zero attached hydrogens (tertiary/aromatic N) is 2. The van der Waals surface area contributed by atoms with Gasteiger partial charge in [0.2, 0.25) is 0 Å². The monoisotopic (exact) mass is 298 g/mol. The van der Waals surface area contributed by atoms with E-state index in [0.717, 1.165) is 6.42 Å². The van der Waals surface area contributed by atoms with Crippen molar-refractivity contribution in [2.24, 2.45) is 5.41 Å². The Hall–Kier alpha value is -1.30. The molecular formula is C15H26N2O4. The minimum atomic E-state index is -0.786. The predicted molar refractivity (Wildman–Crippen MR) is 78.1 cm³/mol. The van der Waals surface area contributed by atoms with Gasteiger partial charge in [-0.1, -0.05) is 6.92 Å². The van der Waals surface area contributed by atoms with Crippen molar-refractivity contribution in [1.29, 1.82) is 0 Å². The number of carboxylic acid groups (broad SMARTS) is 1. The van der Waals surface area contributed by atoms with Gasteiger partial charge in [-0.25, -0.2) is 4.79 Å². The normalized spacial score (nSPS) is 33.9. The van der Waals surface area contributed by atoms with Crippen molar-refractivity contribution in [2.75, 3.05) is 26.2 Å². The Morgan fingerprint density at radius 2 is 1.86 bits per heavy atom. The van der Waals surface area contributed by atoms with Crippen molar-refractivity contribution in [3.05, 3.63) is 0 Å². The van der Waals surface area contributed by atoms with Crippen molar-refractivity contribution >= 4 is 12.0 Å². The first kappa shape index (κ1) is 16.1. The average molecular weight is 298 g/mol. The zero-order valence-electron chi connectivity index (χ0n) is 13.2. The van der Waals surface area contributed by atoms with E-state index >= 15 is 0 Å². The van der Waals surface area contributed by atoms with Gasteiger partial charge in [-0.15, -0.1) is 0 Å². The molecule has 6 heteroatoms. The maximum Gasteiger partial charge on any atom is 0.320 e. The third kappa shape index (κ3) is 3.31. The van der Waals surface area contributed by atoms with Crippen LogP contribution in [0.2, 0.25) is 0 Å². The summed E-state index contributed by atoms with van der Waals surface area (Å²) >= 11 is 0. The second-order valence-electron chi connectivity index (χ2n) is 6.41. The fourth-order valence-corrected chi connectivity index (χ4v) is 3.44. The van der Waals surface area contributed by atoms with Crippen LogP contribution in [0.1, 0.15) is 40.0 Å². The van der Waals surface area contributed by atoms with Crippen LogP contribution in [-0.4, -0.2) is 65.3 Å². The Morgan fingerprint density at radius 3 is 2.38 bits per heavy atom. The molecule has 1 unspecified atom stereocenters. The van der Waals surface area contributed by atoms with Gasteiger partial charge in [0.25, 0.3) is 0 Å². The van der Waals surface area contributed by atoms with E-state index in [9.17, 15) is 14.7 Å². The number of carbonyl (C=O) groups is 2. The largest absolute Gasteiger partial charge is 0.481 e. The van der Waals surface area contributed by atoms with Crippen LogP contribution in [0, 0.1) is 5.41 Å². The van der Waals surface area contributed by atoms with Gasteiger partial charge in [0.05, 0.1) is 17.6 Å². The van der Waals surface area contributed by atoms with Crippen LogP contribution in [0.3, 0.4) is 0 Å². The van der Waals surface area contributed by atoms with Gasteiger partial charge in [-0.3, -0.25) is 4.79 Å². The molecule has 0 spiro atoms. The molecule has 6 nitrogen and oxygen atoms in total. The smallest absolute Gasteiger partial charge is 0.320 e. The zero-order chi connectivity index (χ0) is 15.6. The molecule has 0 aromatic carbocycles. The number of morpholine rings is 1. The summed E-state index contributed by atoms with van der Waals surface area (Å²) in [5.41, 5.74) is -0.780. The third-order valence-electron chi connectivity index (χ3n) is 4.67. The van der Waals surface area contributed by atoms with Gasteiger partial charge < -0.3 is 19.6 Å². The average Bonchev–Trinajstić information content (AvgIpc) is 2.45. The molecule has 0 bridgehead atoms. The van der Waals surface area contributed by atoms with Crippen molar-refractivity contribution in [1.82, 2.24) is 9.80 Å². The minimum absolute atomic E-state index is 0.0258. The minimum Gasteiger partial charge on any atom is -0.481 e. The fourth-order valence-electron chi connectivity index (χ4n) is 3.44. The summed E-state index contributed by atoms with van der Waals surface area (Å²) in [5, 5.41) is 9.51. The first-order chi connectivity index (χ1) is 9.88. The molecule has 2 fully saturated rings. The number of rotatable bonds is 2. The van der Waals surface area contributed by atoms with Crippen molar-refractivity contribution in [3.8, 4) is 0 Å². The second-order valence-corrected chi connectivity index (χ2v) is 6.41.